The van der Waals surface area contributed by atoms with Gasteiger partial charge in [0.2, 0.25) is 0 Å². The average molecular weight is 287 g/mol. The third-order valence-electron chi connectivity index (χ3n) is 3.13. The van der Waals surface area contributed by atoms with E-state index in [0.717, 1.165) is 5.56 Å². The first kappa shape index (κ1) is 14.9. The molecule has 0 aliphatic carbocycles. The zero-order valence-corrected chi connectivity index (χ0v) is 11.9. The van der Waals surface area contributed by atoms with Crippen molar-refractivity contribution in [2.45, 2.75) is 13.0 Å². The van der Waals surface area contributed by atoms with E-state index in [1.54, 1.807) is 18.2 Å². The molecule has 0 aliphatic rings. The lowest BCUT2D eigenvalue weighted by Gasteiger charge is -2.17. The van der Waals surface area contributed by atoms with Gasteiger partial charge in [-0.2, -0.15) is 0 Å². The number of aryl methyl sites for hydroxylation is 1. The van der Waals surface area contributed by atoms with Crippen LogP contribution in [0.2, 0.25) is 0 Å². The van der Waals surface area contributed by atoms with Gasteiger partial charge in [-0.15, -0.1) is 0 Å². The lowest BCUT2D eigenvalue weighted by atomic mass is 10.1. The van der Waals surface area contributed by atoms with Crippen molar-refractivity contribution in [3.8, 4) is 17.2 Å². The number of rotatable bonds is 5. The molecule has 0 amide bonds. The van der Waals surface area contributed by atoms with Gasteiger partial charge in [0.05, 0.1) is 7.11 Å². The molecule has 0 radical (unpaired) electrons. The van der Waals surface area contributed by atoms with E-state index < -0.39 is 12.0 Å². The Labute approximate surface area is 122 Å². The van der Waals surface area contributed by atoms with Gasteiger partial charge in [0.15, 0.2) is 11.5 Å². The van der Waals surface area contributed by atoms with Gasteiger partial charge in [-0.3, -0.25) is 4.79 Å². The second-order valence-corrected chi connectivity index (χ2v) is 4.56. The standard InChI is InChI=1S/C16H17NO4/c1-10-6-3-4-8-12(10)21-13-9-5-7-11(15(13)20-2)14(17)16(18)19/h3-9,14H,17H2,1-2H3,(H,18,19). The van der Waals surface area contributed by atoms with Gasteiger partial charge in [0.25, 0.3) is 0 Å². The van der Waals surface area contributed by atoms with Crippen LogP contribution in [0.15, 0.2) is 42.5 Å². The molecule has 0 bridgehead atoms. The van der Waals surface area contributed by atoms with E-state index in [1.165, 1.54) is 7.11 Å². The monoisotopic (exact) mass is 287 g/mol. The molecule has 5 nitrogen and oxygen atoms in total. The van der Waals surface area contributed by atoms with Gasteiger partial charge < -0.3 is 20.3 Å². The highest BCUT2D eigenvalue weighted by molar-refractivity contribution is 5.77. The molecule has 110 valence electrons. The van der Waals surface area contributed by atoms with E-state index >= 15 is 0 Å². The normalized spacial score (nSPS) is 11.8. The summed E-state index contributed by atoms with van der Waals surface area (Å²) in [6.07, 6.45) is 0. The third kappa shape index (κ3) is 3.14. The van der Waals surface area contributed by atoms with Gasteiger partial charge in [0, 0.05) is 5.56 Å². The van der Waals surface area contributed by atoms with Crippen LogP contribution in [0, 0.1) is 6.92 Å². The summed E-state index contributed by atoms with van der Waals surface area (Å²) in [5, 5.41) is 9.06. The number of carboxylic acid groups (broad SMARTS) is 1. The van der Waals surface area contributed by atoms with Gasteiger partial charge in [-0.1, -0.05) is 30.3 Å². The molecule has 0 aromatic heterocycles. The summed E-state index contributed by atoms with van der Waals surface area (Å²) < 4.78 is 11.1. The predicted molar refractivity (Wildman–Crippen MR) is 78.8 cm³/mol. The first-order chi connectivity index (χ1) is 10.0. The fraction of sp³-hybridized carbons (Fsp3) is 0.188. The predicted octanol–water partition coefficient (Wildman–Crippen LogP) is 2.88. The van der Waals surface area contributed by atoms with Crippen molar-refractivity contribution < 1.29 is 19.4 Å². The van der Waals surface area contributed by atoms with E-state index in [0.29, 0.717) is 22.8 Å². The molecule has 1 atom stereocenters. The van der Waals surface area contributed by atoms with Gasteiger partial charge >= 0.3 is 5.97 Å². The Morgan fingerprint density at radius 3 is 2.43 bits per heavy atom. The maximum Gasteiger partial charge on any atom is 0.325 e. The Morgan fingerprint density at radius 2 is 1.81 bits per heavy atom. The lowest BCUT2D eigenvalue weighted by molar-refractivity contribution is -0.138. The first-order valence-electron chi connectivity index (χ1n) is 6.43. The molecule has 2 aromatic carbocycles. The molecule has 3 N–H and O–H groups in total. The van der Waals surface area contributed by atoms with Crippen LogP contribution >= 0.6 is 0 Å². The minimum absolute atomic E-state index is 0.329. The molecule has 5 heteroatoms. The van der Waals surface area contributed by atoms with Crippen molar-refractivity contribution in [1.29, 1.82) is 0 Å². The minimum Gasteiger partial charge on any atom is -0.492 e. The van der Waals surface area contributed by atoms with Crippen molar-refractivity contribution in [2.24, 2.45) is 5.73 Å². The van der Waals surface area contributed by atoms with Crippen molar-refractivity contribution in [3.63, 3.8) is 0 Å². The summed E-state index contributed by atoms with van der Waals surface area (Å²) in [5.74, 6) is 0.315. The fourth-order valence-electron chi connectivity index (χ4n) is 2.00. The van der Waals surface area contributed by atoms with E-state index in [-0.39, 0.29) is 0 Å². The second kappa shape index (κ2) is 6.28. The van der Waals surface area contributed by atoms with Crippen LogP contribution in [0.1, 0.15) is 17.2 Å². The topological polar surface area (TPSA) is 81.8 Å². The quantitative estimate of drug-likeness (QED) is 0.883. The molecule has 0 fully saturated rings. The maximum atomic E-state index is 11.1. The largest absolute Gasteiger partial charge is 0.492 e. The third-order valence-corrected chi connectivity index (χ3v) is 3.13. The van der Waals surface area contributed by atoms with Gasteiger partial charge in [-0.05, 0) is 24.6 Å². The summed E-state index contributed by atoms with van der Waals surface area (Å²) in [6.45, 7) is 1.93. The highest BCUT2D eigenvalue weighted by Gasteiger charge is 2.21. The first-order valence-corrected chi connectivity index (χ1v) is 6.43. The summed E-state index contributed by atoms with van der Waals surface area (Å²) in [7, 11) is 1.46. The van der Waals surface area contributed by atoms with Crippen molar-refractivity contribution >= 4 is 5.97 Å². The van der Waals surface area contributed by atoms with Crippen LogP contribution < -0.4 is 15.2 Å². The maximum absolute atomic E-state index is 11.1. The molecule has 0 saturated carbocycles. The second-order valence-electron chi connectivity index (χ2n) is 4.56. The SMILES string of the molecule is COc1c(Oc2ccccc2C)cccc1C(N)C(=O)O. The number of para-hydroxylation sites is 2. The minimum atomic E-state index is -1.17. The summed E-state index contributed by atoms with van der Waals surface area (Å²) in [4.78, 5) is 11.1. The number of aliphatic carboxylic acids is 1. The molecule has 0 saturated heterocycles. The van der Waals surface area contributed by atoms with Crippen LogP contribution in [0.4, 0.5) is 0 Å². The Morgan fingerprint density at radius 1 is 1.14 bits per heavy atom. The molecular weight excluding hydrogens is 270 g/mol. The van der Waals surface area contributed by atoms with Crippen LogP contribution in [-0.4, -0.2) is 18.2 Å². The zero-order valence-electron chi connectivity index (χ0n) is 11.9. The van der Waals surface area contributed by atoms with E-state index in [2.05, 4.69) is 0 Å². The number of ether oxygens (including phenoxy) is 2. The number of benzene rings is 2. The van der Waals surface area contributed by atoms with Crippen LogP contribution in [-0.2, 0) is 4.79 Å². The number of nitrogens with two attached hydrogens (primary N) is 1. The van der Waals surface area contributed by atoms with Crippen molar-refractivity contribution in [2.75, 3.05) is 7.11 Å². The number of hydrogen-bond donors (Lipinski definition) is 2. The Balaban J connectivity index is 2.43. The highest BCUT2D eigenvalue weighted by atomic mass is 16.5. The molecule has 21 heavy (non-hydrogen) atoms. The average Bonchev–Trinajstić information content (AvgIpc) is 2.48. The molecule has 0 aliphatic heterocycles. The number of methoxy groups -OCH3 is 1. The van der Waals surface area contributed by atoms with Crippen LogP contribution in [0.3, 0.4) is 0 Å². The van der Waals surface area contributed by atoms with Crippen molar-refractivity contribution in [3.05, 3.63) is 53.6 Å². The number of hydrogen-bond acceptors (Lipinski definition) is 4. The number of carbonyl (C=O) groups is 1. The zero-order chi connectivity index (χ0) is 15.4. The molecular formula is C16H17NO4. The van der Waals surface area contributed by atoms with E-state index in [1.807, 2.05) is 31.2 Å². The van der Waals surface area contributed by atoms with E-state index in [9.17, 15) is 4.79 Å². The van der Waals surface area contributed by atoms with Gasteiger partial charge in [-0.25, -0.2) is 0 Å². The Kier molecular flexibility index (Phi) is 4.45. The van der Waals surface area contributed by atoms with Crippen LogP contribution in [0.25, 0.3) is 0 Å². The molecule has 2 aromatic rings. The lowest BCUT2D eigenvalue weighted by Crippen LogP contribution is -2.21. The molecule has 1 unspecified atom stereocenters. The van der Waals surface area contributed by atoms with Crippen molar-refractivity contribution in [1.82, 2.24) is 0 Å². The Bertz CT molecular complexity index is 654. The Hall–Kier alpha value is -2.53. The highest BCUT2D eigenvalue weighted by Crippen LogP contribution is 2.37. The summed E-state index contributed by atoms with van der Waals surface area (Å²) >= 11 is 0. The summed E-state index contributed by atoms with van der Waals surface area (Å²) in [5.41, 5.74) is 7.01. The molecule has 0 spiro atoms. The fourth-order valence-corrected chi connectivity index (χ4v) is 2.00. The molecule has 2 rings (SSSR count). The molecule has 0 heterocycles. The smallest absolute Gasteiger partial charge is 0.325 e. The van der Waals surface area contributed by atoms with E-state index in [4.69, 9.17) is 20.3 Å². The van der Waals surface area contributed by atoms with Crippen LogP contribution in [0.5, 0.6) is 17.2 Å². The number of carboxylic acids is 1. The summed E-state index contributed by atoms with van der Waals surface area (Å²) in [6, 6.07) is 11.4. The van der Waals surface area contributed by atoms with Gasteiger partial charge in [0.1, 0.15) is 11.8 Å².